The molecule has 6 nitrogen and oxygen atoms in total. The summed E-state index contributed by atoms with van der Waals surface area (Å²) >= 11 is 0. The molecule has 2 fully saturated rings. The molecule has 2 atom stereocenters. The Morgan fingerprint density at radius 1 is 1.11 bits per heavy atom. The van der Waals surface area contributed by atoms with Gasteiger partial charge in [-0.25, -0.2) is 0 Å². The molecule has 0 radical (unpaired) electrons. The Morgan fingerprint density at radius 3 is 2.39 bits per heavy atom. The van der Waals surface area contributed by atoms with Crippen molar-refractivity contribution in [3.63, 3.8) is 0 Å². The van der Waals surface area contributed by atoms with Gasteiger partial charge in [-0.2, -0.15) is 15.0 Å². The largest absolute Gasteiger partial charge is 0.368 e. The van der Waals surface area contributed by atoms with E-state index < -0.39 is 0 Å². The van der Waals surface area contributed by atoms with Gasteiger partial charge in [0.25, 0.3) is 0 Å². The van der Waals surface area contributed by atoms with Gasteiger partial charge in [-0.15, -0.1) is 0 Å². The number of aromatic nitrogens is 3. The summed E-state index contributed by atoms with van der Waals surface area (Å²) in [5.74, 6) is 3.33. The van der Waals surface area contributed by atoms with Crippen LogP contribution in [-0.2, 0) is 0 Å². The molecule has 6 heteroatoms. The summed E-state index contributed by atoms with van der Waals surface area (Å²) in [6.07, 6.45) is 4.08. The summed E-state index contributed by atoms with van der Waals surface area (Å²) in [5, 5.41) is 0. The monoisotopic (exact) mass is 248 g/mol. The van der Waals surface area contributed by atoms with Crippen molar-refractivity contribution < 1.29 is 0 Å². The van der Waals surface area contributed by atoms with Crippen LogP contribution < -0.4 is 15.5 Å². The number of nitrogen functional groups attached to an aromatic ring is 1. The third-order valence-corrected chi connectivity index (χ3v) is 4.04. The zero-order valence-electron chi connectivity index (χ0n) is 11.0. The Hall–Kier alpha value is -1.59. The minimum atomic E-state index is 0.306. The minimum absolute atomic E-state index is 0.306. The van der Waals surface area contributed by atoms with Crippen molar-refractivity contribution in [1.29, 1.82) is 0 Å². The second kappa shape index (κ2) is 4.26. The molecule has 2 heterocycles. The molecule has 1 saturated carbocycles. The SMILES string of the molecule is CN(C)c1nc(N)nc(N2CC3CCCC3C2)n1. The summed E-state index contributed by atoms with van der Waals surface area (Å²) < 4.78 is 0. The van der Waals surface area contributed by atoms with Gasteiger partial charge in [0, 0.05) is 27.2 Å². The Balaban J connectivity index is 1.84. The van der Waals surface area contributed by atoms with Crippen LogP contribution in [0.4, 0.5) is 17.8 Å². The van der Waals surface area contributed by atoms with E-state index in [1.54, 1.807) is 0 Å². The molecule has 1 saturated heterocycles. The lowest BCUT2D eigenvalue weighted by Crippen LogP contribution is -2.25. The quantitative estimate of drug-likeness (QED) is 0.833. The zero-order valence-corrected chi connectivity index (χ0v) is 11.0. The topological polar surface area (TPSA) is 71.2 Å². The van der Waals surface area contributed by atoms with Crippen LogP contribution in [0.5, 0.6) is 0 Å². The number of rotatable bonds is 2. The molecule has 2 N–H and O–H groups in total. The van der Waals surface area contributed by atoms with Gasteiger partial charge in [0.2, 0.25) is 17.8 Å². The Morgan fingerprint density at radius 2 is 1.78 bits per heavy atom. The fourth-order valence-corrected chi connectivity index (χ4v) is 3.11. The maximum absolute atomic E-state index is 5.77. The molecule has 0 amide bonds. The average Bonchev–Trinajstić information content (AvgIpc) is 2.87. The summed E-state index contributed by atoms with van der Waals surface area (Å²) in [6.45, 7) is 2.14. The van der Waals surface area contributed by atoms with Gasteiger partial charge in [0.15, 0.2) is 0 Å². The van der Waals surface area contributed by atoms with Crippen LogP contribution in [0.1, 0.15) is 19.3 Å². The van der Waals surface area contributed by atoms with E-state index in [1.807, 2.05) is 19.0 Å². The molecule has 0 spiro atoms. The first-order valence-electron chi connectivity index (χ1n) is 6.57. The van der Waals surface area contributed by atoms with Crippen molar-refractivity contribution in [2.75, 3.05) is 42.7 Å². The van der Waals surface area contributed by atoms with E-state index in [4.69, 9.17) is 5.73 Å². The Labute approximate surface area is 107 Å². The van der Waals surface area contributed by atoms with E-state index in [-0.39, 0.29) is 0 Å². The second-order valence-corrected chi connectivity index (χ2v) is 5.54. The highest BCUT2D eigenvalue weighted by molar-refractivity contribution is 5.43. The second-order valence-electron chi connectivity index (χ2n) is 5.54. The van der Waals surface area contributed by atoms with Gasteiger partial charge < -0.3 is 15.5 Å². The van der Waals surface area contributed by atoms with Crippen LogP contribution >= 0.6 is 0 Å². The molecule has 1 aliphatic heterocycles. The highest BCUT2D eigenvalue weighted by Crippen LogP contribution is 2.38. The standard InChI is InChI=1S/C12H20N6/c1-17(2)11-14-10(13)15-12(16-11)18-6-8-4-3-5-9(8)7-18/h8-9H,3-7H2,1-2H3,(H2,13,14,15,16). The smallest absolute Gasteiger partial charge is 0.231 e. The molecular formula is C12H20N6. The molecule has 2 unspecified atom stereocenters. The molecule has 1 aromatic rings. The molecule has 1 aliphatic carbocycles. The van der Waals surface area contributed by atoms with Gasteiger partial charge in [0.05, 0.1) is 0 Å². The third kappa shape index (κ3) is 1.95. The summed E-state index contributed by atoms with van der Waals surface area (Å²) in [6, 6.07) is 0. The predicted molar refractivity (Wildman–Crippen MR) is 71.6 cm³/mol. The van der Waals surface area contributed by atoms with Crippen molar-refractivity contribution >= 4 is 17.8 Å². The fraction of sp³-hybridized carbons (Fsp3) is 0.750. The van der Waals surface area contributed by atoms with Gasteiger partial charge in [-0.05, 0) is 24.7 Å². The van der Waals surface area contributed by atoms with E-state index in [2.05, 4.69) is 19.9 Å². The van der Waals surface area contributed by atoms with Gasteiger partial charge in [0.1, 0.15) is 0 Å². The van der Waals surface area contributed by atoms with Crippen molar-refractivity contribution in [2.24, 2.45) is 11.8 Å². The van der Waals surface area contributed by atoms with E-state index in [9.17, 15) is 0 Å². The normalized spacial score (nSPS) is 26.4. The number of hydrogen-bond donors (Lipinski definition) is 1. The van der Waals surface area contributed by atoms with Crippen molar-refractivity contribution in [1.82, 2.24) is 15.0 Å². The third-order valence-electron chi connectivity index (χ3n) is 4.04. The maximum atomic E-state index is 5.77. The van der Waals surface area contributed by atoms with E-state index in [0.29, 0.717) is 11.9 Å². The van der Waals surface area contributed by atoms with Crippen LogP contribution in [0.2, 0.25) is 0 Å². The van der Waals surface area contributed by atoms with Crippen molar-refractivity contribution in [3.8, 4) is 0 Å². The molecule has 3 rings (SSSR count). The molecule has 0 bridgehead atoms. The zero-order chi connectivity index (χ0) is 12.7. The van der Waals surface area contributed by atoms with Crippen LogP contribution in [0.25, 0.3) is 0 Å². The summed E-state index contributed by atoms with van der Waals surface area (Å²) in [4.78, 5) is 17.0. The minimum Gasteiger partial charge on any atom is -0.368 e. The van der Waals surface area contributed by atoms with Crippen LogP contribution in [0.15, 0.2) is 0 Å². The van der Waals surface area contributed by atoms with Gasteiger partial charge in [-0.3, -0.25) is 0 Å². The van der Waals surface area contributed by atoms with Gasteiger partial charge in [-0.1, -0.05) is 6.42 Å². The predicted octanol–water partition coefficient (Wildman–Crippen LogP) is 0.756. The van der Waals surface area contributed by atoms with E-state index in [0.717, 1.165) is 30.9 Å². The highest BCUT2D eigenvalue weighted by atomic mass is 15.3. The fourth-order valence-electron chi connectivity index (χ4n) is 3.11. The maximum Gasteiger partial charge on any atom is 0.231 e. The highest BCUT2D eigenvalue weighted by Gasteiger charge is 2.37. The molecule has 18 heavy (non-hydrogen) atoms. The Kier molecular flexibility index (Phi) is 2.72. The molecular weight excluding hydrogens is 228 g/mol. The molecule has 0 aromatic carbocycles. The Bertz CT molecular complexity index is 434. The number of nitrogens with two attached hydrogens (primary N) is 1. The summed E-state index contributed by atoms with van der Waals surface area (Å²) in [5.41, 5.74) is 5.77. The first-order chi connectivity index (χ1) is 8.63. The van der Waals surface area contributed by atoms with Crippen LogP contribution in [0, 0.1) is 11.8 Å². The summed E-state index contributed by atoms with van der Waals surface area (Å²) in [7, 11) is 3.83. The average molecular weight is 248 g/mol. The number of fused-ring (bicyclic) bond motifs is 1. The lowest BCUT2D eigenvalue weighted by Gasteiger charge is -2.19. The van der Waals surface area contributed by atoms with Crippen molar-refractivity contribution in [3.05, 3.63) is 0 Å². The lowest BCUT2D eigenvalue weighted by molar-refractivity contribution is 0.494. The van der Waals surface area contributed by atoms with E-state index in [1.165, 1.54) is 19.3 Å². The van der Waals surface area contributed by atoms with Gasteiger partial charge >= 0.3 is 0 Å². The van der Waals surface area contributed by atoms with Crippen molar-refractivity contribution in [2.45, 2.75) is 19.3 Å². The first-order valence-corrected chi connectivity index (χ1v) is 6.57. The van der Waals surface area contributed by atoms with Crippen LogP contribution in [-0.4, -0.2) is 42.1 Å². The molecule has 2 aliphatic rings. The molecule has 1 aromatic heterocycles. The van der Waals surface area contributed by atoms with Crippen LogP contribution in [0.3, 0.4) is 0 Å². The number of nitrogens with zero attached hydrogens (tertiary/aromatic N) is 5. The number of hydrogen-bond acceptors (Lipinski definition) is 6. The lowest BCUT2D eigenvalue weighted by atomic mass is 10.0. The van der Waals surface area contributed by atoms with E-state index >= 15 is 0 Å². The number of anilines is 3. The first kappa shape index (κ1) is 11.5. The molecule has 98 valence electrons.